The summed E-state index contributed by atoms with van der Waals surface area (Å²) in [7, 11) is 10.2. The Labute approximate surface area is 291 Å². The van der Waals surface area contributed by atoms with E-state index in [0.717, 1.165) is 25.7 Å². The van der Waals surface area contributed by atoms with E-state index in [4.69, 9.17) is 33.2 Å². The molecule has 0 amide bonds. The molecule has 0 aliphatic heterocycles. The smallest absolute Gasteiger partial charge is 0.179 e. The predicted octanol–water partition coefficient (Wildman–Crippen LogP) is 11.4. The second-order valence-corrected chi connectivity index (χ2v) is 12.9. The predicted molar refractivity (Wildman–Crippen MR) is 197 cm³/mol. The summed E-state index contributed by atoms with van der Waals surface area (Å²) in [5.74, 6) is 0. The van der Waals surface area contributed by atoms with Gasteiger partial charge in [0.05, 0.1) is 0 Å². The number of unbranched alkanes of at least 4 members (excludes halogenated alkanes) is 22. The van der Waals surface area contributed by atoms with Gasteiger partial charge in [0, 0.05) is 42.7 Å². The summed E-state index contributed by atoms with van der Waals surface area (Å²) in [5.41, 5.74) is 0. The molecule has 0 rings (SSSR count). The van der Waals surface area contributed by atoms with Gasteiger partial charge in [0.25, 0.3) is 0 Å². The summed E-state index contributed by atoms with van der Waals surface area (Å²) in [6.45, 7) is 0. The quantitative estimate of drug-likeness (QED) is 0.0368. The van der Waals surface area contributed by atoms with Gasteiger partial charge in [0.15, 0.2) is 25.2 Å². The summed E-state index contributed by atoms with van der Waals surface area (Å²) < 4.78 is 38.0. The molecule has 0 N–H and O–H groups in total. The minimum atomic E-state index is -0.385. The zero-order valence-corrected chi connectivity index (χ0v) is 31.9. The Hall–Kier alpha value is -0.800. The molecule has 7 heteroatoms. The maximum absolute atomic E-state index is 5.98. The highest BCUT2D eigenvalue weighted by atomic mass is 16.8. The van der Waals surface area contributed by atoms with Crippen molar-refractivity contribution in [2.24, 2.45) is 0 Å². The normalized spacial score (nSPS) is 13.6. The summed E-state index contributed by atoms with van der Waals surface area (Å²) in [4.78, 5) is 0. The van der Waals surface area contributed by atoms with Gasteiger partial charge < -0.3 is 33.2 Å². The number of hydrogen-bond acceptors (Lipinski definition) is 7. The van der Waals surface area contributed by atoms with E-state index in [1.54, 1.807) is 42.7 Å². The van der Waals surface area contributed by atoms with Crippen molar-refractivity contribution in [1.29, 1.82) is 0 Å². The van der Waals surface area contributed by atoms with Crippen LogP contribution >= 0.6 is 0 Å². The van der Waals surface area contributed by atoms with Crippen molar-refractivity contribution in [3.05, 3.63) is 24.3 Å². The Bertz CT molecular complexity index is 594. The van der Waals surface area contributed by atoms with Crippen LogP contribution in [0.3, 0.4) is 0 Å². The van der Waals surface area contributed by atoms with Crippen LogP contribution in [0.2, 0.25) is 0 Å². The molecule has 280 valence electrons. The van der Waals surface area contributed by atoms with E-state index in [1.807, 2.05) is 12.2 Å². The van der Waals surface area contributed by atoms with Crippen molar-refractivity contribution in [3.8, 4) is 0 Å². The van der Waals surface area contributed by atoms with E-state index in [1.165, 1.54) is 141 Å². The maximum Gasteiger partial charge on any atom is 0.179 e. The first-order valence-electron chi connectivity index (χ1n) is 19.3. The average Bonchev–Trinajstić information content (AvgIpc) is 3.10. The van der Waals surface area contributed by atoms with Gasteiger partial charge in [-0.1, -0.05) is 128 Å². The van der Waals surface area contributed by atoms with Crippen LogP contribution in [0.25, 0.3) is 0 Å². The highest BCUT2D eigenvalue weighted by molar-refractivity contribution is 4.89. The van der Waals surface area contributed by atoms with Gasteiger partial charge in [-0.05, 0) is 63.5 Å². The lowest BCUT2D eigenvalue weighted by atomic mass is 10.0. The standard InChI is InChI=1S/C40H78O7/c1-41-37(42-2)33-29-25-21-17-13-9-7-11-15-19-23-27-31-35-39(45-5)47-40(46-6)36-32-28-24-20-16-12-8-10-14-18-22-26-30-34-38(43-3)44-4/h31-32,35-40H,7-30,33-34H2,1-6H3. The zero-order valence-electron chi connectivity index (χ0n) is 31.9. The molecular formula is C40H78O7. The van der Waals surface area contributed by atoms with E-state index in [0.29, 0.717) is 0 Å². The molecule has 0 saturated heterocycles. The van der Waals surface area contributed by atoms with Crippen LogP contribution in [0, 0.1) is 0 Å². The molecule has 0 aromatic rings. The molecule has 0 bridgehead atoms. The monoisotopic (exact) mass is 671 g/mol. The Balaban J connectivity index is 3.66. The first-order chi connectivity index (χ1) is 23.1. The zero-order chi connectivity index (χ0) is 34.5. The molecule has 0 heterocycles. The van der Waals surface area contributed by atoms with E-state index in [2.05, 4.69) is 12.2 Å². The number of rotatable bonds is 38. The van der Waals surface area contributed by atoms with E-state index < -0.39 is 0 Å². The topological polar surface area (TPSA) is 64.6 Å². The van der Waals surface area contributed by atoms with Crippen LogP contribution < -0.4 is 0 Å². The SMILES string of the molecule is COC(C=CCCCCCCCCCCCCCC(OC)OC)OC(C=CCCCCCCCCCCCCCC(OC)OC)OC. The second kappa shape index (κ2) is 38.0. The van der Waals surface area contributed by atoms with E-state index in [-0.39, 0.29) is 25.2 Å². The van der Waals surface area contributed by atoms with E-state index in [9.17, 15) is 0 Å². The van der Waals surface area contributed by atoms with E-state index >= 15 is 0 Å². The van der Waals surface area contributed by atoms with Gasteiger partial charge in [0.2, 0.25) is 0 Å². The van der Waals surface area contributed by atoms with Crippen LogP contribution in [-0.2, 0) is 33.2 Å². The lowest BCUT2D eigenvalue weighted by Gasteiger charge is -2.18. The van der Waals surface area contributed by atoms with Crippen LogP contribution in [0.5, 0.6) is 0 Å². The Morgan fingerprint density at radius 1 is 0.319 bits per heavy atom. The average molecular weight is 671 g/mol. The number of allylic oxidation sites excluding steroid dienone is 2. The summed E-state index contributed by atoms with van der Waals surface area (Å²) >= 11 is 0. The fraction of sp³-hybridized carbons (Fsp3) is 0.900. The highest BCUT2D eigenvalue weighted by Gasteiger charge is 2.10. The number of ether oxygens (including phenoxy) is 7. The van der Waals surface area contributed by atoms with Crippen LogP contribution in [0.15, 0.2) is 24.3 Å². The summed E-state index contributed by atoms with van der Waals surface area (Å²) in [6, 6.07) is 0. The minimum absolute atomic E-state index is 0.0323. The van der Waals surface area contributed by atoms with Gasteiger partial charge in [-0.2, -0.15) is 0 Å². The third-order valence-corrected chi connectivity index (χ3v) is 8.99. The number of hydrogen-bond donors (Lipinski definition) is 0. The molecule has 0 spiro atoms. The fourth-order valence-corrected chi connectivity index (χ4v) is 5.90. The first-order valence-corrected chi connectivity index (χ1v) is 19.3. The molecule has 47 heavy (non-hydrogen) atoms. The van der Waals surface area contributed by atoms with Crippen molar-refractivity contribution in [1.82, 2.24) is 0 Å². The van der Waals surface area contributed by atoms with Gasteiger partial charge in [-0.3, -0.25) is 0 Å². The van der Waals surface area contributed by atoms with Gasteiger partial charge in [-0.15, -0.1) is 0 Å². The van der Waals surface area contributed by atoms with Gasteiger partial charge in [0.1, 0.15) is 0 Å². The van der Waals surface area contributed by atoms with Crippen molar-refractivity contribution >= 4 is 0 Å². The third kappa shape index (κ3) is 32.2. The fourth-order valence-electron chi connectivity index (χ4n) is 5.90. The molecule has 7 nitrogen and oxygen atoms in total. The third-order valence-electron chi connectivity index (χ3n) is 8.99. The highest BCUT2D eigenvalue weighted by Crippen LogP contribution is 2.16. The van der Waals surface area contributed by atoms with Gasteiger partial charge in [-0.25, -0.2) is 0 Å². The van der Waals surface area contributed by atoms with Crippen molar-refractivity contribution in [3.63, 3.8) is 0 Å². The van der Waals surface area contributed by atoms with Crippen molar-refractivity contribution in [2.45, 2.75) is 192 Å². The van der Waals surface area contributed by atoms with Crippen molar-refractivity contribution < 1.29 is 33.2 Å². The number of methoxy groups -OCH3 is 6. The Morgan fingerprint density at radius 2 is 0.574 bits per heavy atom. The molecular weight excluding hydrogens is 592 g/mol. The largest absolute Gasteiger partial charge is 0.356 e. The first kappa shape index (κ1) is 46.2. The molecule has 0 radical (unpaired) electrons. The lowest BCUT2D eigenvalue weighted by molar-refractivity contribution is -0.188. The van der Waals surface area contributed by atoms with Gasteiger partial charge >= 0.3 is 0 Å². The summed E-state index contributed by atoms with van der Waals surface area (Å²) in [6.07, 6.45) is 40.6. The van der Waals surface area contributed by atoms with Crippen LogP contribution in [0.4, 0.5) is 0 Å². The van der Waals surface area contributed by atoms with Crippen LogP contribution in [0.1, 0.15) is 167 Å². The Kier molecular flexibility index (Phi) is 37.4. The molecule has 0 aliphatic carbocycles. The molecule has 2 atom stereocenters. The molecule has 0 aromatic heterocycles. The lowest BCUT2D eigenvalue weighted by Crippen LogP contribution is -2.22. The second-order valence-electron chi connectivity index (χ2n) is 12.9. The van der Waals surface area contributed by atoms with Crippen molar-refractivity contribution in [2.75, 3.05) is 42.7 Å². The molecule has 0 aromatic carbocycles. The molecule has 0 fully saturated rings. The molecule has 0 aliphatic rings. The molecule has 2 unspecified atom stereocenters. The Morgan fingerprint density at radius 3 is 0.830 bits per heavy atom. The maximum atomic E-state index is 5.98. The van der Waals surface area contributed by atoms with Crippen LogP contribution in [-0.4, -0.2) is 67.8 Å². The molecule has 0 saturated carbocycles. The minimum Gasteiger partial charge on any atom is -0.356 e. The summed E-state index contributed by atoms with van der Waals surface area (Å²) in [5, 5.41) is 0.